The third kappa shape index (κ3) is 3.28. The highest BCUT2D eigenvalue weighted by Crippen LogP contribution is 2.28. The molecule has 1 atom stereocenters. The van der Waals surface area contributed by atoms with Gasteiger partial charge in [0, 0.05) is 17.4 Å². The number of halogens is 1. The van der Waals surface area contributed by atoms with Crippen LogP contribution in [0.2, 0.25) is 5.02 Å². The van der Waals surface area contributed by atoms with Crippen molar-refractivity contribution in [3.05, 3.63) is 58.4 Å². The average molecular weight is 292 g/mol. The number of aromatic nitrogens is 1. The number of methoxy groups -OCH3 is 1. The molecule has 1 aromatic carbocycles. The molecule has 0 spiro atoms. The molecule has 0 amide bonds. The molecule has 1 aromatic heterocycles. The molecule has 0 aliphatic heterocycles. The van der Waals surface area contributed by atoms with E-state index in [0.29, 0.717) is 11.4 Å². The minimum absolute atomic E-state index is 0.0453. The first-order valence-corrected chi connectivity index (χ1v) is 6.72. The van der Waals surface area contributed by atoms with Gasteiger partial charge in [-0.15, -0.1) is 0 Å². The van der Waals surface area contributed by atoms with Crippen LogP contribution in [-0.4, -0.2) is 12.1 Å². The Morgan fingerprint density at radius 2 is 2.20 bits per heavy atom. The van der Waals surface area contributed by atoms with Crippen LogP contribution in [0, 0.1) is 6.92 Å². The predicted octanol–water partition coefficient (Wildman–Crippen LogP) is 2.80. The number of hydrogen-bond donors (Lipinski definition) is 2. The predicted molar refractivity (Wildman–Crippen MR) is 80.7 cm³/mol. The molecule has 1 heterocycles. The van der Waals surface area contributed by atoms with E-state index in [-0.39, 0.29) is 6.04 Å². The minimum atomic E-state index is -0.0453. The van der Waals surface area contributed by atoms with E-state index in [1.165, 1.54) is 0 Å². The summed E-state index contributed by atoms with van der Waals surface area (Å²) in [5.74, 6) is 6.50. The molecular weight excluding hydrogens is 274 g/mol. The van der Waals surface area contributed by atoms with Crippen molar-refractivity contribution < 1.29 is 4.74 Å². The number of nitrogens with zero attached hydrogens (tertiary/aromatic N) is 1. The summed E-state index contributed by atoms with van der Waals surface area (Å²) in [4.78, 5) is 4.16. The van der Waals surface area contributed by atoms with E-state index in [0.717, 1.165) is 22.4 Å². The Morgan fingerprint density at radius 3 is 2.85 bits per heavy atom. The first kappa shape index (κ1) is 14.8. The summed E-state index contributed by atoms with van der Waals surface area (Å²) in [5.41, 5.74) is 6.05. The summed E-state index contributed by atoms with van der Waals surface area (Å²) < 4.78 is 5.37. The van der Waals surface area contributed by atoms with Crippen molar-refractivity contribution in [2.45, 2.75) is 19.4 Å². The van der Waals surface area contributed by atoms with Gasteiger partial charge in [-0.2, -0.15) is 0 Å². The quantitative estimate of drug-likeness (QED) is 0.657. The van der Waals surface area contributed by atoms with Crippen molar-refractivity contribution in [3.63, 3.8) is 0 Å². The lowest BCUT2D eigenvalue weighted by atomic mass is 9.97. The Bertz CT molecular complexity index is 589. The summed E-state index contributed by atoms with van der Waals surface area (Å²) in [6, 6.07) is 7.49. The largest absolute Gasteiger partial charge is 0.496 e. The maximum Gasteiger partial charge on any atom is 0.122 e. The molecule has 0 fully saturated rings. The molecule has 20 heavy (non-hydrogen) atoms. The fraction of sp³-hybridized carbons (Fsp3) is 0.267. The number of ether oxygens (including phenoxy) is 1. The van der Waals surface area contributed by atoms with Crippen molar-refractivity contribution in [3.8, 4) is 5.75 Å². The highest BCUT2D eigenvalue weighted by Gasteiger charge is 2.16. The highest BCUT2D eigenvalue weighted by atomic mass is 35.5. The second-order valence-electron chi connectivity index (χ2n) is 4.61. The Labute approximate surface area is 123 Å². The maximum atomic E-state index is 6.06. The molecule has 3 N–H and O–H groups in total. The number of nitrogens with two attached hydrogens (primary N) is 1. The summed E-state index contributed by atoms with van der Waals surface area (Å²) in [6.45, 7) is 2.04. The third-order valence-corrected chi connectivity index (χ3v) is 3.56. The zero-order valence-corrected chi connectivity index (χ0v) is 12.3. The van der Waals surface area contributed by atoms with Gasteiger partial charge in [0.1, 0.15) is 5.75 Å². The van der Waals surface area contributed by atoms with Crippen molar-refractivity contribution in [2.75, 3.05) is 7.11 Å². The number of hydrogen-bond acceptors (Lipinski definition) is 4. The highest BCUT2D eigenvalue weighted by molar-refractivity contribution is 6.30. The first-order valence-electron chi connectivity index (χ1n) is 6.34. The molecule has 0 aliphatic rings. The lowest BCUT2D eigenvalue weighted by Gasteiger charge is -2.19. The van der Waals surface area contributed by atoms with E-state index in [1.807, 2.05) is 37.4 Å². The van der Waals surface area contributed by atoms with Crippen molar-refractivity contribution in [2.24, 2.45) is 5.84 Å². The zero-order valence-electron chi connectivity index (χ0n) is 11.6. The van der Waals surface area contributed by atoms with Crippen molar-refractivity contribution in [1.29, 1.82) is 0 Å². The number of rotatable bonds is 5. The molecule has 0 aliphatic carbocycles. The summed E-state index contributed by atoms with van der Waals surface area (Å²) in [6.07, 6.45) is 4.27. The number of aryl methyl sites for hydroxylation is 1. The van der Waals surface area contributed by atoms with Gasteiger partial charge in [-0.3, -0.25) is 16.3 Å². The Hall–Kier alpha value is -1.62. The van der Waals surface area contributed by atoms with Gasteiger partial charge in [-0.25, -0.2) is 0 Å². The van der Waals surface area contributed by atoms with E-state index in [2.05, 4.69) is 10.4 Å². The second kappa shape index (κ2) is 6.70. The van der Waals surface area contributed by atoms with Crippen LogP contribution < -0.4 is 16.0 Å². The summed E-state index contributed by atoms with van der Waals surface area (Å²) >= 11 is 6.06. The number of benzene rings is 1. The number of hydrazine groups is 1. The van der Waals surface area contributed by atoms with Crippen LogP contribution in [0.5, 0.6) is 5.75 Å². The lowest BCUT2D eigenvalue weighted by Crippen LogP contribution is -2.30. The van der Waals surface area contributed by atoms with E-state index < -0.39 is 0 Å². The molecule has 2 aromatic rings. The van der Waals surface area contributed by atoms with E-state index in [4.69, 9.17) is 22.2 Å². The van der Waals surface area contributed by atoms with E-state index in [9.17, 15) is 0 Å². The van der Waals surface area contributed by atoms with E-state index >= 15 is 0 Å². The topological polar surface area (TPSA) is 60.2 Å². The fourth-order valence-electron chi connectivity index (χ4n) is 2.23. The Balaban J connectivity index is 2.31. The standard InChI is InChI=1S/C15H18ClN3O/c1-10-5-6-18-9-13(10)14(19-17)8-11-7-12(16)3-4-15(11)20-2/h3-7,9,14,19H,8,17H2,1-2H3. The maximum absolute atomic E-state index is 6.06. The van der Waals surface area contributed by atoms with Crippen LogP contribution >= 0.6 is 11.6 Å². The molecule has 2 rings (SSSR count). The Kier molecular flexibility index (Phi) is 4.95. The molecular formula is C15H18ClN3O. The molecule has 0 radical (unpaired) electrons. The van der Waals surface area contributed by atoms with Gasteiger partial charge in [0.25, 0.3) is 0 Å². The van der Waals surface area contributed by atoms with Gasteiger partial charge in [0.15, 0.2) is 0 Å². The molecule has 106 valence electrons. The van der Waals surface area contributed by atoms with Crippen LogP contribution in [0.1, 0.15) is 22.7 Å². The average Bonchev–Trinajstić information content (AvgIpc) is 2.46. The number of pyridine rings is 1. The Morgan fingerprint density at radius 1 is 1.40 bits per heavy atom. The van der Waals surface area contributed by atoms with Crippen molar-refractivity contribution >= 4 is 11.6 Å². The van der Waals surface area contributed by atoms with Gasteiger partial charge in [0.05, 0.1) is 13.2 Å². The normalized spacial score (nSPS) is 12.2. The lowest BCUT2D eigenvalue weighted by molar-refractivity contribution is 0.405. The SMILES string of the molecule is COc1ccc(Cl)cc1CC(NN)c1cnccc1C. The molecule has 0 saturated heterocycles. The second-order valence-corrected chi connectivity index (χ2v) is 5.05. The van der Waals surface area contributed by atoms with E-state index in [1.54, 1.807) is 13.3 Å². The van der Waals surface area contributed by atoms with Gasteiger partial charge < -0.3 is 4.74 Å². The molecule has 1 unspecified atom stereocenters. The summed E-state index contributed by atoms with van der Waals surface area (Å²) in [5, 5.41) is 0.680. The third-order valence-electron chi connectivity index (χ3n) is 3.32. The van der Waals surface area contributed by atoms with Gasteiger partial charge in [0.2, 0.25) is 0 Å². The molecule has 5 heteroatoms. The monoisotopic (exact) mass is 291 g/mol. The minimum Gasteiger partial charge on any atom is -0.496 e. The molecule has 4 nitrogen and oxygen atoms in total. The van der Waals surface area contributed by atoms with Crippen LogP contribution in [0.3, 0.4) is 0 Å². The zero-order chi connectivity index (χ0) is 14.5. The summed E-state index contributed by atoms with van der Waals surface area (Å²) in [7, 11) is 1.65. The van der Waals surface area contributed by atoms with Gasteiger partial charge in [-0.1, -0.05) is 11.6 Å². The molecule has 0 bridgehead atoms. The van der Waals surface area contributed by atoms with Crippen LogP contribution in [0.25, 0.3) is 0 Å². The number of nitrogens with one attached hydrogen (secondary N) is 1. The van der Waals surface area contributed by atoms with Gasteiger partial charge >= 0.3 is 0 Å². The van der Waals surface area contributed by atoms with Crippen LogP contribution in [0.4, 0.5) is 0 Å². The van der Waals surface area contributed by atoms with Gasteiger partial charge in [-0.05, 0) is 54.3 Å². The first-order chi connectivity index (χ1) is 9.65. The van der Waals surface area contributed by atoms with Crippen molar-refractivity contribution in [1.82, 2.24) is 10.4 Å². The fourth-order valence-corrected chi connectivity index (χ4v) is 2.42. The molecule has 0 saturated carbocycles. The smallest absolute Gasteiger partial charge is 0.122 e. The van der Waals surface area contributed by atoms with Crippen LogP contribution in [-0.2, 0) is 6.42 Å². The van der Waals surface area contributed by atoms with Crippen LogP contribution in [0.15, 0.2) is 36.7 Å².